The predicted molar refractivity (Wildman–Crippen MR) is 78.8 cm³/mol. The molecule has 0 spiro atoms. The highest BCUT2D eigenvalue weighted by atomic mass is 16.5. The lowest BCUT2D eigenvalue weighted by Gasteiger charge is -2.05. The number of benzene rings is 2. The molecule has 2 aromatic rings. The van der Waals surface area contributed by atoms with E-state index in [-0.39, 0.29) is 5.75 Å². The fourth-order valence-corrected chi connectivity index (χ4v) is 1.94. The maximum Gasteiger partial charge on any atom is 0.150 e. The summed E-state index contributed by atoms with van der Waals surface area (Å²) in [4.78, 5) is 11.2. The van der Waals surface area contributed by atoms with Gasteiger partial charge in [-0.2, -0.15) is 0 Å². The van der Waals surface area contributed by atoms with Crippen LogP contribution in [0.1, 0.15) is 11.1 Å². The van der Waals surface area contributed by atoms with Gasteiger partial charge in [0, 0.05) is 5.57 Å². The zero-order valence-corrected chi connectivity index (χ0v) is 11.2. The van der Waals surface area contributed by atoms with E-state index < -0.39 is 0 Å². The van der Waals surface area contributed by atoms with Crippen molar-refractivity contribution in [2.75, 3.05) is 7.11 Å². The molecule has 3 heteroatoms. The molecule has 0 aliphatic carbocycles. The van der Waals surface area contributed by atoms with Crippen LogP contribution in [0.25, 0.3) is 5.57 Å². The van der Waals surface area contributed by atoms with Gasteiger partial charge in [-0.05, 0) is 35.7 Å². The van der Waals surface area contributed by atoms with E-state index in [1.54, 1.807) is 25.3 Å². The standard InChI is InChI=1S/C17H16O3/c1-20-16-7-4-6-14(11-16)15(12-18)10-9-13-5-2-3-8-17(13)19/h2-8,10-12,19H,9H2,1H3. The summed E-state index contributed by atoms with van der Waals surface area (Å²) >= 11 is 0. The first-order valence-corrected chi connectivity index (χ1v) is 6.31. The zero-order chi connectivity index (χ0) is 14.4. The molecule has 0 saturated carbocycles. The molecule has 3 nitrogen and oxygen atoms in total. The van der Waals surface area contributed by atoms with Crippen LogP contribution in [0.3, 0.4) is 0 Å². The number of methoxy groups -OCH3 is 1. The van der Waals surface area contributed by atoms with Crippen LogP contribution in [0.4, 0.5) is 0 Å². The summed E-state index contributed by atoms with van der Waals surface area (Å²) in [7, 11) is 1.59. The van der Waals surface area contributed by atoms with Gasteiger partial charge in [0.15, 0.2) is 0 Å². The van der Waals surface area contributed by atoms with Crippen molar-refractivity contribution in [2.45, 2.75) is 6.42 Å². The number of phenolic OH excluding ortho intramolecular Hbond substituents is 1. The second kappa shape index (κ2) is 6.57. The number of phenols is 1. The highest BCUT2D eigenvalue weighted by molar-refractivity contribution is 6.07. The summed E-state index contributed by atoms with van der Waals surface area (Å²) < 4.78 is 5.15. The van der Waals surface area contributed by atoms with Gasteiger partial charge >= 0.3 is 0 Å². The van der Waals surface area contributed by atoms with Crippen molar-refractivity contribution in [3.63, 3.8) is 0 Å². The first-order chi connectivity index (χ1) is 9.74. The Morgan fingerprint density at radius 3 is 2.70 bits per heavy atom. The molecule has 0 fully saturated rings. The van der Waals surface area contributed by atoms with Crippen molar-refractivity contribution in [1.82, 2.24) is 0 Å². The monoisotopic (exact) mass is 268 g/mol. The number of carbonyl (C=O) groups is 1. The molecule has 2 aromatic carbocycles. The van der Waals surface area contributed by atoms with Crippen molar-refractivity contribution < 1.29 is 14.6 Å². The van der Waals surface area contributed by atoms with Crippen LogP contribution in [-0.2, 0) is 11.2 Å². The molecule has 2 rings (SSSR count). The van der Waals surface area contributed by atoms with Crippen molar-refractivity contribution in [2.24, 2.45) is 0 Å². The minimum Gasteiger partial charge on any atom is -0.508 e. The van der Waals surface area contributed by atoms with Crippen LogP contribution in [0, 0.1) is 0 Å². The van der Waals surface area contributed by atoms with Crippen LogP contribution in [0.15, 0.2) is 54.6 Å². The second-order valence-corrected chi connectivity index (χ2v) is 4.34. The number of hydrogen-bond acceptors (Lipinski definition) is 3. The van der Waals surface area contributed by atoms with Crippen LogP contribution >= 0.6 is 0 Å². The van der Waals surface area contributed by atoms with Crippen molar-refractivity contribution in [1.29, 1.82) is 0 Å². The minimum atomic E-state index is 0.236. The molecule has 0 radical (unpaired) electrons. The Kier molecular flexibility index (Phi) is 4.56. The van der Waals surface area contributed by atoms with Crippen LogP contribution < -0.4 is 4.74 Å². The van der Waals surface area contributed by atoms with Gasteiger partial charge in [-0.3, -0.25) is 4.79 Å². The summed E-state index contributed by atoms with van der Waals surface area (Å²) in [5, 5.41) is 9.71. The molecular weight excluding hydrogens is 252 g/mol. The van der Waals surface area contributed by atoms with Gasteiger partial charge in [0.2, 0.25) is 0 Å². The average Bonchev–Trinajstić information content (AvgIpc) is 2.50. The normalized spacial score (nSPS) is 11.2. The van der Waals surface area contributed by atoms with E-state index in [4.69, 9.17) is 4.74 Å². The van der Waals surface area contributed by atoms with Gasteiger partial charge in [-0.25, -0.2) is 0 Å². The minimum absolute atomic E-state index is 0.236. The first-order valence-electron chi connectivity index (χ1n) is 6.31. The highest BCUT2D eigenvalue weighted by Gasteiger charge is 2.03. The highest BCUT2D eigenvalue weighted by Crippen LogP contribution is 2.21. The van der Waals surface area contributed by atoms with Crippen molar-refractivity contribution in [3.05, 3.63) is 65.7 Å². The molecule has 0 amide bonds. The number of allylic oxidation sites excluding steroid dienone is 2. The Balaban J connectivity index is 2.25. The number of ether oxygens (including phenoxy) is 1. The molecular formula is C17H16O3. The molecule has 0 bridgehead atoms. The lowest BCUT2D eigenvalue weighted by Crippen LogP contribution is -1.90. The quantitative estimate of drug-likeness (QED) is 0.669. The van der Waals surface area contributed by atoms with Crippen LogP contribution in [0.5, 0.6) is 11.5 Å². The van der Waals surface area contributed by atoms with E-state index in [2.05, 4.69) is 0 Å². The largest absolute Gasteiger partial charge is 0.508 e. The Hall–Kier alpha value is -2.55. The number of aromatic hydroxyl groups is 1. The third kappa shape index (κ3) is 3.26. The maximum atomic E-state index is 11.2. The fourth-order valence-electron chi connectivity index (χ4n) is 1.94. The Labute approximate surface area is 118 Å². The number of aldehydes is 1. The van der Waals surface area contributed by atoms with Crippen molar-refractivity contribution >= 4 is 11.9 Å². The van der Waals surface area contributed by atoms with Gasteiger partial charge in [0.05, 0.1) is 7.11 Å². The summed E-state index contributed by atoms with van der Waals surface area (Å²) in [5.41, 5.74) is 2.16. The van der Waals surface area contributed by atoms with Gasteiger partial charge < -0.3 is 9.84 Å². The molecule has 0 aromatic heterocycles. The zero-order valence-electron chi connectivity index (χ0n) is 11.2. The Morgan fingerprint density at radius 2 is 2.00 bits per heavy atom. The van der Waals surface area contributed by atoms with Gasteiger partial charge in [0.25, 0.3) is 0 Å². The molecule has 0 heterocycles. The Bertz CT molecular complexity index is 630. The third-order valence-electron chi connectivity index (χ3n) is 3.06. The van der Waals surface area contributed by atoms with E-state index in [0.717, 1.165) is 17.4 Å². The van der Waals surface area contributed by atoms with E-state index in [9.17, 15) is 9.90 Å². The van der Waals surface area contributed by atoms with Gasteiger partial charge in [-0.15, -0.1) is 0 Å². The number of hydrogen-bond donors (Lipinski definition) is 1. The predicted octanol–water partition coefficient (Wildman–Crippen LogP) is 3.23. The van der Waals surface area contributed by atoms with Gasteiger partial charge in [0.1, 0.15) is 17.8 Å². The van der Waals surface area contributed by atoms with E-state index >= 15 is 0 Å². The van der Waals surface area contributed by atoms with E-state index in [0.29, 0.717) is 17.7 Å². The molecule has 0 aliphatic heterocycles. The summed E-state index contributed by atoms with van der Waals surface area (Å²) in [6.07, 6.45) is 3.11. The smallest absolute Gasteiger partial charge is 0.150 e. The molecule has 0 atom stereocenters. The van der Waals surface area contributed by atoms with Crippen molar-refractivity contribution in [3.8, 4) is 11.5 Å². The molecule has 20 heavy (non-hydrogen) atoms. The summed E-state index contributed by atoms with van der Waals surface area (Å²) in [6, 6.07) is 14.4. The molecule has 0 unspecified atom stereocenters. The number of carbonyl (C=O) groups excluding carboxylic acids is 1. The molecule has 102 valence electrons. The van der Waals surface area contributed by atoms with Crippen LogP contribution in [-0.4, -0.2) is 18.5 Å². The molecule has 0 aliphatic rings. The summed E-state index contributed by atoms with van der Waals surface area (Å²) in [6.45, 7) is 0. The molecule has 0 saturated heterocycles. The lowest BCUT2D eigenvalue weighted by molar-refractivity contribution is -0.103. The summed E-state index contributed by atoms with van der Waals surface area (Å²) in [5.74, 6) is 0.942. The second-order valence-electron chi connectivity index (χ2n) is 4.34. The maximum absolute atomic E-state index is 11.2. The first kappa shape index (κ1) is 13.9. The topological polar surface area (TPSA) is 46.5 Å². The van der Waals surface area contributed by atoms with E-state index in [1.807, 2.05) is 36.4 Å². The number of para-hydroxylation sites is 1. The average molecular weight is 268 g/mol. The van der Waals surface area contributed by atoms with E-state index in [1.165, 1.54) is 0 Å². The Morgan fingerprint density at radius 1 is 1.20 bits per heavy atom. The van der Waals surface area contributed by atoms with Gasteiger partial charge in [-0.1, -0.05) is 36.4 Å². The fraction of sp³-hybridized carbons (Fsp3) is 0.118. The lowest BCUT2D eigenvalue weighted by atomic mass is 10.0. The SMILES string of the molecule is COc1cccc(C(C=O)=CCc2ccccc2O)c1. The third-order valence-corrected chi connectivity index (χ3v) is 3.06. The number of rotatable bonds is 5. The van der Waals surface area contributed by atoms with Crippen LogP contribution in [0.2, 0.25) is 0 Å². The molecule has 1 N–H and O–H groups in total.